The highest BCUT2D eigenvalue weighted by molar-refractivity contribution is 5.02. The third-order valence-corrected chi connectivity index (χ3v) is 3.17. The summed E-state index contributed by atoms with van der Waals surface area (Å²) < 4.78 is 2.10. The highest BCUT2D eigenvalue weighted by atomic mass is 15.3. The fourth-order valence-electron chi connectivity index (χ4n) is 2.40. The second-order valence-electron chi connectivity index (χ2n) is 5.00. The van der Waals surface area contributed by atoms with E-state index >= 15 is 0 Å². The number of nitrogens with zero attached hydrogens (tertiary/aromatic N) is 3. The third-order valence-electron chi connectivity index (χ3n) is 3.17. The first-order valence-electron chi connectivity index (χ1n) is 6.17. The predicted octanol–water partition coefficient (Wildman–Crippen LogP) is 1.39. The highest BCUT2D eigenvalue weighted by Crippen LogP contribution is 2.14. The molecule has 0 saturated carbocycles. The molecule has 1 unspecified atom stereocenters. The summed E-state index contributed by atoms with van der Waals surface area (Å²) in [5.41, 5.74) is 7.28. The van der Waals surface area contributed by atoms with Crippen LogP contribution in [-0.4, -0.2) is 33.8 Å². The molecule has 0 aliphatic carbocycles. The van der Waals surface area contributed by atoms with Crippen molar-refractivity contribution in [3.05, 3.63) is 18.0 Å². The number of hydrogen-bond donors (Lipinski definition) is 1. The van der Waals surface area contributed by atoms with E-state index in [1.54, 1.807) is 0 Å². The van der Waals surface area contributed by atoms with Gasteiger partial charge in [0.25, 0.3) is 0 Å². The minimum Gasteiger partial charge on any atom is -0.327 e. The van der Waals surface area contributed by atoms with Crippen molar-refractivity contribution in [3.63, 3.8) is 0 Å². The molecule has 0 radical (unpaired) electrons. The van der Waals surface area contributed by atoms with Gasteiger partial charge in [0, 0.05) is 31.4 Å². The van der Waals surface area contributed by atoms with E-state index in [2.05, 4.69) is 34.6 Å². The Morgan fingerprint density at radius 3 is 3.06 bits per heavy atom. The van der Waals surface area contributed by atoms with Gasteiger partial charge in [-0.25, -0.2) is 0 Å². The molecule has 16 heavy (non-hydrogen) atoms. The fraction of sp³-hybridized carbons (Fsp3) is 0.750. The van der Waals surface area contributed by atoms with Gasteiger partial charge < -0.3 is 5.73 Å². The Labute approximate surface area is 97.4 Å². The molecule has 4 nitrogen and oxygen atoms in total. The molecule has 2 heterocycles. The van der Waals surface area contributed by atoms with Crippen molar-refractivity contribution in [2.24, 2.45) is 5.73 Å². The highest BCUT2D eigenvalue weighted by Gasteiger charge is 2.18. The lowest BCUT2D eigenvalue weighted by molar-refractivity contribution is 0.195. The summed E-state index contributed by atoms with van der Waals surface area (Å²) in [6.45, 7) is 7.49. The van der Waals surface area contributed by atoms with E-state index in [0.29, 0.717) is 12.1 Å². The maximum absolute atomic E-state index is 5.99. The summed E-state index contributed by atoms with van der Waals surface area (Å²) in [6, 6.07) is 2.90. The molecule has 90 valence electrons. The van der Waals surface area contributed by atoms with E-state index in [1.165, 1.54) is 18.5 Å². The molecular formula is C12H22N4. The van der Waals surface area contributed by atoms with E-state index in [9.17, 15) is 0 Å². The number of hydrogen-bond acceptors (Lipinski definition) is 3. The zero-order valence-corrected chi connectivity index (χ0v) is 10.3. The van der Waals surface area contributed by atoms with Gasteiger partial charge in [-0.3, -0.25) is 9.58 Å². The topological polar surface area (TPSA) is 47.1 Å². The zero-order valence-electron chi connectivity index (χ0n) is 10.3. The Hall–Kier alpha value is -0.870. The van der Waals surface area contributed by atoms with Crippen LogP contribution < -0.4 is 5.73 Å². The molecule has 0 amide bonds. The molecule has 1 aromatic heterocycles. The average Bonchev–Trinajstić information content (AvgIpc) is 2.66. The summed E-state index contributed by atoms with van der Waals surface area (Å²) >= 11 is 0. The monoisotopic (exact) mass is 222 g/mol. The standard InChI is InChI=1S/C12H22N4/c1-10(2)16-12(5-6-14-16)9-15-7-3-4-11(13)8-15/h5-6,10-11H,3-4,7-9,13H2,1-2H3. The van der Waals surface area contributed by atoms with Crippen LogP contribution in [0.4, 0.5) is 0 Å². The molecule has 0 spiro atoms. The number of rotatable bonds is 3. The summed E-state index contributed by atoms with van der Waals surface area (Å²) in [5, 5.41) is 4.36. The largest absolute Gasteiger partial charge is 0.327 e. The van der Waals surface area contributed by atoms with Crippen molar-refractivity contribution >= 4 is 0 Å². The summed E-state index contributed by atoms with van der Waals surface area (Å²) in [7, 11) is 0. The molecule has 4 heteroatoms. The van der Waals surface area contributed by atoms with Crippen LogP contribution in [0.1, 0.15) is 38.4 Å². The van der Waals surface area contributed by atoms with Gasteiger partial charge in [-0.1, -0.05) is 0 Å². The van der Waals surface area contributed by atoms with Gasteiger partial charge in [0.2, 0.25) is 0 Å². The molecule has 1 fully saturated rings. The van der Waals surface area contributed by atoms with Crippen LogP contribution in [-0.2, 0) is 6.54 Å². The molecule has 1 aromatic rings. The Morgan fingerprint density at radius 2 is 2.38 bits per heavy atom. The van der Waals surface area contributed by atoms with Gasteiger partial charge in [0.1, 0.15) is 0 Å². The maximum atomic E-state index is 5.99. The Balaban J connectivity index is 2.00. The van der Waals surface area contributed by atoms with E-state index in [4.69, 9.17) is 5.73 Å². The van der Waals surface area contributed by atoms with Crippen molar-refractivity contribution in [3.8, 4) is 0 Å². The molecule has 1 atom stereocenters. The lowest BCUT2D eigenvalue weighted by Crippen LogP contribution is -2.42. The van der Waals surface area contributed by atoms with Crippen LogP contribution in [0.15, 0.2) is 12.3 Å². The first kappa shape index (κ1) is 11.6. The number of piperidine rings is 1. The zero-order chi connectivity index (χ0) is 11.5. The average molecular weight is 222 g/mol. The van der Waals surface area contributed by atoms with Crippen molar-refractivity contribution < 1.29 is 0 Å². The molecular weight excluding hydrogens is 200 g/mol. The minimum absolute atomic E-state index is 0.351. The lowest BCUT2D eigenvalue weighted by atomic mass is 10.1. The summed E-state index contributed by atoms with van der Waals surface area (Å²) in [5.74, 6) is 0. The van der Waals surface area contributed by atoms with Gasteiger partial charge >= 0.3 is 0 Å². The van der Waals surface area contributed by atoms with Crippen LogP contribution in [0.5, 0.6) is 0 Å². The minimum atomic E-state index is 0.351. The van der Waals surface area contributed by atoms with Crippen molar-refractivity contribution in [2.45, 2.75) is 45.3 Å². The normalized spacial score (nSPS) is 22.9. The molecule has 0 bridgehead atoms. The maximum Gasteiger partial charge on any atom is 0.0527 e. The first-order valence-corrected chi connectivity index (χ1v) is 6.17. The SMILES string of the molecule is CC(C)n1nccc1CN1CCCC(N)C1. The van der Waals surface area contributed by atoms with Crippen molar-refractivity contribution in [1.29, 1.82) is 0 Å². The van der Waals surface area contributed by atoms with Crippen molar-refractivity contribution in [1.82, 2.24) is 14.7 Å². The van der Waals surface area contributed by atoms with Gasteiger partial charge in [-0.05, 0) is 39.3 Å². The van der Waals surface area contributed by atoms with E-state index < -0.39 is 0 Å². The van der Waals surface area contributed by atoms with E-state index in [1.807, 2.05) is 6.20 Å². The Bertz CT molecular complexity index is 332. The molecule has 2 rings (SSSR count). The summed E-state index contributed by atoms with van der Waals surface area (Å²) in [4.78, 5) is 2.43. The molecule has 1 saturated heterocycles. The number of likely N-dealkylation sites (tertiary alicyclic amines) is 1. The quantitative estimate of drug-likeness (QED) is 0.840. The van der Waals surface area contributed by atoms with Crippen LogP contribution >= 0.6 is 0 Å². The second kappa shape index (κ2) is 4.97. The third kappa shape index (κ3) is 2.62. The van der Waals surface area contributed by atoms with Crippen LogP contribution in [0, 0.1) is 0 Å². The summed E-state index contributed by atoms with van der Waals surface area (Å²) in [6.07, 6.45) is 4.27. The predicted molar refractivity (Wildman–Crippen MR) is 65.1 cm³/mol. The first-order chi connectivity index (χ1) is 7.66. The second-order valence-corrected chi connectivity index (χ2v) is 5.00. The van der Waals surface area contributed by atoms with Gasteiger partial charge in [-0.15, -0.1) is 0 Å². The fourth-order valence-corrected chi connectivity index (χ4v) is 2.40. The number of nitrogens with two attached hydrogens (primary N) is 1. The smallest absolute Gasteiger partial charge is 0.0527 e. The Kier molecular flexibility index (Phi) is 3.61. The molecule has 1 aliphatic heterocycles. The Morgan fingerprint density at radius 1 is 1.56 bits per heavy atom. The van der Waals surface area contributed by atoms with Crippen molar-refractivity contribution in [2.75, 3.05) is 13.1 Å². The molecule has 0 aromatic carbocycles. The van der Waals surface area contributed by atoms with Gasteiger partial charge in [0.05, 0.1) is 5.69 Å². The molecule has 2 N–H and O–H groups in total. The van der Waals surface area contributed by atoms with E-state index in [0.717, 1.165) is 19.6 Å². The van der Waals surface area contributed by atoms with Gasteiger partial charge in [0.15, 0.2) is 0 Å². The van der Waals surface area contributed by atoms with E-state index in [-0.39, 0.29) is 0 Å². The lowest BCUT2D eigenvalue weighted by Gasteiger charge is -2.30. The van der Waals surface area contributed by atoms with Crippen LogP contribution in [0.25, 0.3) is 0 Å². The van der Waals surface area contributed by atoms with Crippen LogP contribution in [0.2, 0.25) is 0 Å². The van der Waals surface area contributed by atoms with Crippen LogP contribution in [0.3, 0.4) is 0 Å². The van der Waals surface area contributed by atoms with Gasteiger partial charge in [-0.2, -0.15) is 5.10 Å². The molecule has 1 aliphatic rings. The number of aromatic nitrogens is 2.